The molecule has 0 radical (unpaired) electrons. The predicted molar refractivity (Wildman–Crippen MR) is 83.2 cm³/mol. The molecule has 1 saturated heterocycles. The summed E-state index contributed by atoms with van der Waals surface area (Å²) in [6.07, 6.45) is 0.833. The van der Waals surface area contributed by atoms with Gasteiger partial charge in [-0.3, -0.25) is 0 Å². The van der Waals surface area contributed by atoms with E-state index >= 15 is 0 Å². The van der Waals surface area contributed by atoms with Crippen LogP contribution in [-0.4, -0.2) is 25.8 Å². The fraction of sp³-hybridized carbons (Fsp3) is 0.538. The van der Waals surface area contributed by atoms with Crippen molar-refractivity contribution in [3.8, 4) is 0 Å². The summed E-state index contributed by atoms with van der Waals surface area (Å²) in [5.74, 6) is 0.0759. The van der Waals surface area contributed by atoms with E-state index in [1.54, 1.807) is 0 Å². The molecule has 1 aromatic carbocycles. The van der Waals surface area contributed by atoms with Gasteiger partial charge in [-0.1, -0.05) is 37.0 Å². The Balaban J connectivity index is 2.46. The minimum absolute atomic E-state index is 0.0126. The van der Waals surface area contributed by atoms with E-state index in [-0.39, 0.29) is 21.2 Å². The average Bonchev–Trinajstić information content (AvgIpc) is 2.70. The second-order valence-corrected chi connectivity index (χ2v) is 8.68. The van der Waals surface area contributed by atoms with E-state index in [4.69, 9.17) is 34.8 Å². The van der Waals surface area contributed by atoms with E-state index in [9.17, 15) is 8.42 Å². The highest BCUT2D eigenvalue weighted by atomic mass is 35.5. The highest BCUT2D eigenvalue weighted by Crippen LogP contribution is 2.37. The van der Waals surface area contributed by atoms with Gasteiger partial charge in [0.2, 0.25) is 10.0 Å². The molecule has 3 nitrogen and oxygen atoms in total. The number of hydrogen-bond acceptors (Lipinski definition) is 2. The van der Waals surface area contributed by atoms with Gasteiger partial charge in [0.1, 0.15) is 4.90 Å². The van der Waals surface area contributed by atoms with Gasteiger partial charge in [-0.15, -0.1) is 11.6 Å². The number of alkyl halides is 1. The Labute approximate surface area is 134 Å². The summed E-state index contributed by atoms with van der Waals surface area (Å²) in [5.41, 5.74) is 0.441. The van der Waals surface area contributed by atoms with Gasteiger partial charge in [0.25, 0.3) is 0 Å². The topological polar surface area (TPSA) is 37.4 Å². The molecule has 2 rings (SSSR count). The van der Waals surface area contributed by atoms with Gasteiger partial charge in [0.05, 0.1) is 10.9 Å². The quantitative estimate of drug-likeness (QED) is 0.763. The lowest BCUT2D eigenvalue weighted by Crippen LogP contribution is -2.30. The lowest BCUT2D eigenvalue weighted by molar-refractivity contribution is 0.375. The van der Waals surface area contributed by atoms with Crippen LogP contribution in [0.15, 0.2) is 17.0 Å². The van der Waals surface area contributed by atoms with Crippen molar-refractivity contribution in [3.05, 3.63) is 27.7 Å². The van der Waals surface area contributed by atoms with Crippen LogP contribution in [0.1, 0.15) is 25.8 Å². The largest absolute Gasteiger partial charge is 0.244 e. The molecule has 0 bridgehead atoms. The van der Waals surface area contributed by atoms with Gasteiger partial charge in [0.15, 0.2) is 0 Å². The molecule has 0 saturated carbocycles. The summed E-state index contributed by atoms with van der Waals surface area (Å²) in [7, 11) is -3.61. The number of hydrogen-bond donors (Lipinski definition) is 0. The summed E-state index contributed by atoms with van der Waals surface area (Å²) >= 11 is 17.9. The molecule has 1 heterocycles. The SMILES string of the molecule is CC1(C)CCN(S(=O)(=O)c2ccc(Cl)c(CCl)c2Cl)C1. The highest BCUT2D eigenvalue weighted by Gasteiger charge is 2.38. The molecule has 0 spiro atoms. The number of rotatable bonds is 3. The summed E-state index contributed by atoms with van der Waals surface area (Å²) in [6.45, 7) is 5.10. The van der Waals surface area contributed by atoms with Crippen molar-refractivity contribution in [2.24, 2.45) is 5.41 Å². The van der Waals surface area contributed by atoms with Crippen molar-refractivity contribution in [1.82, 2.24) is 4.31 Å². The maximum atomic E-state index is 12.7. The summed E-state index contributed by atoms with van der Waals surface area (Å²) in [4.78, 5) is 0.0805. The molecule has 1 aliphatic heterocycles. The van der Waals surface area contributed by atoms with Crippen LogP contribution in [-0.2, 0) is 15.9 Å². The van der Waals surface area contributed by atoms with Gasteiger partial charge in [-0.05, 0) is 24.0 Å². The number of nitrogens with zero attached hydrogens (tertiary/aromatic N) is 1. The Hall–Kier alpha value is -0.000000000000000167. The number of benzene rings is 1. The third-order valence-electron chi connectivity index (χ3n) is 3.54. The van der Waals surface area contributed by atoms with Crippen molar-refractivity contribution in [2.75, 3.05) is 13.1 Å². The Kier molecular flexibility index (Phi) is 4.63. The molecule has 1 fully saturated rings. The lowest BCUT2D eigenvalue weighted by Gasteiger charge is -2.21. The number of sulfonamides is 1. The molecule has 112 valence electrons. The van der Waals surface area contributed by atoms with Gasteiger partial charge >= 0.3 is 0 Å². The molecule has 0 aliphatic carbocycles. The molecular formula is C13H16Cl3NO2S. The molecule has 0 aromatic heterocycles. The third-order valence-corrected chi connectivity index (χ3v) is 6.60. The minimum atomic E-state index is -3.61. The van der Waals surface area contributed by atoms with E-state index < -0.39 is 10.0 Å². The van der Waals surface area contributed by atoms with Crippen LogP contribution < -0.4 is 0 Å². The van der Waals surface area contributed by atoms with Crippen molar-refractivity contribution < 1.29 is 8.42 Å². The first kappa shape index (κ1) is 16.4. The Morgan fingerprint density at radius 1 is 1.30 bits per heavy atom. The normalized spacial score (nSPS) is 19.4. The fourth-order valence-corrected chi connectivity index (χ4v) is 5.24. The molecule has 20 heavy (non-hydrogen) atoms. The first-order valence-electron chi connectivity index (χ1n) is 6.22. The van der Waals surface area contributed by atoms with Gasteiger partial charge < -0.3 is 0 Å². The van der Waals surface area contributed by atoms with E-state index in [1.165, 1.54) is 16.4 Å². The van der Waals surface area contributed by atoms with Crippen molar-refractivity contribution in [3.63, 3.8) is 0 Å². The van der Waals surface area contributed by atoms with Crippen LogP contribution in [0.4, 0.5) is 0 Å². The minimum Gasteiger partial charge on any atom is -0.207 e. The van der Waals surface area contributed by atoms with E-state index in [0.717, 1.165) is 6.42 Å². The standard InChI is InChI=1S/C13H16Cl3NO2S/c1-13(2)5-6-17(8-13)20(18,19)11-4-3-10(15)9(7-14)12(11)16/h3-4H,5-8H2,1-2H3. The highest BCUT2D eigenvalue weighted by molar-refractivity contribution is 7.89. The van der Waals surface area contributed by atoms with Crippen molar-refractivity contribution in [2.45, 2.75) is 31.0 Å². The molecule has 0 unspecified atom stereocenters. The maximum absolute atomic E-state index is 12.7. The van der Waals surface area contributed by atoms with E-state index in [2.05, 4.69) is 13.8 Å². The van der Waals surface area contributed by atoms with Crippen LogP contribution in [0.5, 0.6) is 0 Å². The third kappa shape index (κ3) is 2.95. The Morgan fingerprint density at radius 2 is 1.95 bits per heavy atom. The van der Waals surface area contributed by atoms with E-state index in [1.807, 2.05) is 0 Å². The van der Waals surface area contributed by atoms with Crippen LogP contribution in [0.3, 0.4) is 0 Å². The average molecular weight is 357 g/mol. The lowest BCUT2D eigenvalue weighted by atomic mass is 9.93. The van der Waals surface area contributed by atoms with Crippen molar-refractivity contribution >= 4 is 44.8 Å². The zero-order valence-electron chi connectivity index (χ0n) is 11.3. The molecule has 1 aromatic rings. The second-order valence-electron chi connectivity index (χ2n) is 5.72. The van der Waals surface area contributed by atoms with Gasteiger partial charge in [-0.25, -0.2) is 8.42 Å². The Bertz CT molecular complexity index is 629. The van der Waals surface area contributed by atoms with Crippen LogP contribution in [0.25, 0.3) is 0 Å². The first-order chi connectivity index (χ1) is 9.19. The first-order valence-corrected chi connectivity index (χ1v) is 8.95. The maximum Gasteiger partial charge on any atom is 0.244 e. The zero-order valence-corrected chi connectivity index (χ0v) is 14.4. The molecule has 0 atom stereocenters. The van der Waals surface area contributed by atoms with Crippen molar-refractivity contribution in [1.29, 1.82) is 0 Å². The molecule has 0 N–H and O–H groups in total. The second kappa shape index (κ2) is 5.65. The monoisotopic (exact) mass is 355 g/mol. The van der Waals surface area contributed by atoms with Crippen LogP contribution in [0.2, 0.25) is 10.0 Å². The fourth-order valence-electron chi connectivity index (χ4n) is 2.31. The van der Waals surface area contributed by atoms with Crippen LogP contribution >= 0.6 is 34.8 Å². The molecular weight excluding hydrogens is 341 g/mol. The Morgan fingerprint density at radius 3 is 2.45 bits per heavy atom. The zero-order chi connectivity index (χ0) is 15.1. The molecule has 0 amide bonds. The molecule has 7 heteroatoms. The number of halogens is 3. The predicted octanol–water partition coefficient (Wildman–Crippen LogP) is 4.15. The summed E-state index contributed by atoms with van der Waals surface area (Å²) in [6, 6.07) is 2.97. The molecule has 1 aliphatic rings. The van der Waals surface area contributed by atoms with Crippen LogP contribution in [0, 0.1) is 5.41 Å². The van der Waals surface area contributed by atoms with Gasteiger partial charge in [0, 0.05) is 23.7 Å². The van der Waals surface area contributed by atoms with Gasteiger partial charge in [-0.2, -0.15) is 4.31 Å². The summed E-state index contributed by atoms with van der Waals surface area (Å²) < 4.78 is 26.8. The summed E-state index contributed by atoms with van der Waals surface area (Å²) in [5, 5.41) is 0.503. The van der Waals surface area contributed by atoms with E-state index in [0.29, 0.717) is 23.7 Å². The smallest absolute Gasteiger partial charge is 0.207 e.